The molecule has 1 saturated heterocycles. The van der Waals surface area contributed by atoms with E-state index in [9.17, 15) is 0 Å². The highest BCUT2D eigenvalue weighted by atomic mass is 15.3. The van der Waals surface area contributed by atoms with Gasteiger partial charge in [-0.3, -0.25) is 0 Å². The summed E-state index contributed by atoms with van der Waals surface area (Å²) in [6, 6.07) is 12.3. The summed E-state index contributed by atoms with van der Waals surface area (Å²) in [4.78, 5) is 5.17. The van der Waals surface area contributed by atoms with Crippen molar-refractivity contribution in [2.45, 2.75) is 26.7 Å². The summed E-state index contributed by atoms with van der Waals surface area (Å²) in [6.45, 7) is 13.1. The Kier molecular flexibility index (Phi) is 8.22. The molecule has 2 aromatic rings. The summed E-state index contributed by atoms with van der Waals surface area (Å²) in [5, 5.41) is 7.02. The first-order valence-corrected chi connectivity index (χ1v) is 11.2. The minimum Gasteiger partial charge on any atom is -0.399 e. The van der Waals surface area contributed by atoms with Crippen LogP contribution in [0.2, 0.25) is 0 Å². The van der Waals surface area contributed by atoms with Crippen molar-refractivity contribution in [3.8, 4) is 0 Å². The quantitative estimate of drug-likeness (QED) is 0.355. The minimum atomic E-state index is 0.856. The Hall–Kier alpha value is -2.44. The van der Waals surface area contributed by atoms with Crippen LogP contribution in [-0.2, 0) is 0 Å². The number of nitrogens with one attached hydrogen (secondary N) is 2. The second-order valence-electron chi connectivity index (χ2n) is 8.39. The van der Waals surface area contributed by atoms with E-state index in [1.54, 1.807) is 0 Å². The molecule has 0 atom stereocenters. The van der Waals surface area contributed by atoms with Crippen LogP contribution in [0.5, 0.6) is 0 Å². The first-order valence-electron chi connectivity index (χ1n) is 11.2. The molecule has 0 aliphatic carbocycles. The Morgan fingerprint density at radius 3 is 1.47 bits per heavy atom. The molecule has 0 unspecified atom stereocenters. The van der Waals surface area contributed by atoms with Crippen LogP contribution in [0.15, 0.2) is 36.4 Å². The van der Waals surface area contributed by atoms with Gasteiger partial charge in [-0.1, -0.05) is 0 Å². The zero-order chi connectivity index (χ0) is 21.3. The molecule has 2 aromatic carbocycles. The zero-order valence-corrected chi connectivity index (χ0v) is 18.6. The van der Waals surface area contributed by atoms with Crippen LogP contribution < -0.4 is 22.1 Å². The molecule has 0 radical (unpaired) electrons. The Morgan fingerprint density at radius 2 is 1.10 bits per heavy atom. The lowest BCUT2D eigenvalue weighted by Crippen LogP contribution is -2.47. The highest BCUT2D eigenvalue weighted by molar-refractivity contribution is 5.57. The normalized spacial score (nSPS) is 15.3. The maximum absolute atomic E-state index is 5.88. The maximum Gasteiger partial charge on any atom is 0.0345 e. The Labute approximate surface area is 181 Å². The summed E-state index contributed by atoms with van der Waals surface area (Å²) >= 11 is 0. The molecule has 0 bridgehead atoms. The van der Waals surface area contributed by atoms with Crippen molar-refractivity contribution >= 4 is 22.7 Å². The van der Waals surface area contributed by atoms with Gasteiger partial charge in [0.25, 0.3) is 0 Å². The number of piperazine rings is 1. The van der Waals surface area contributed by atoms with E-state index in [-0.39, 0.29) is 0 Å². The predicted molar refractivity (Wildman–Crippen MR) is 130 cm³/mol. The lowest BCUT2D eigenvalue weighted by molar-refractivity contribution is 0.132. The second kappa shape index (κ2) is 11.1. The lowest BCUT2D eigenvalue weighted by atomic mass is 10.2. The van der Waals surface area contributed by atoms with E-state index >= 15 is 0 Å². The first-order chi connectivity index (χ1) is 14.5. The van der Waals surface area contributed by atoms with E-state index in [0.717, 1.165) is 72.9 Å². The van der Waals surface area contributed by atoms with Gasteiger partial charge in [0.1, 0.15) is 0 Å². The molecule has 1 heterocycles. The topological polar surface area (TPSA) is 82.6 Å². The summed E-state index contributed by atoms with van der Waals surface area (Å²) in [5.41, 5.74) is 18.1. The third-order valence-corrected chi connectivity index (χ3v) is 5.96. The van der Waals surface area contributed by atoms with Gasteiger partial charge < -0.3 is 31.9 Å². The maximum atomic E-state index is 5.88. The molecule has 6 heteroatoms. The fourth-order valence-electron chi connectivity index (χ4n) is 3.88. The number of aryl methyl sites for hydroxylation is 2. The van der Waals surface area contributed by atoms with Gasteiger partial charge in [0.05, 0.1) is 0 Å². The highest BCUT2D eigenvalue weighted by Crippen LogP contribution is 2.17. The van der Waals surface area contributed by atoms with E-state index in [1.807, 2.05) is 12.1 Å². The van der Waals surface area contributed by atoms with E-state index < -0.39 is 0 Å². The molecule has 6 N–H and O–H groups in total. The number of nitrogens with two attached hydrogens (primary N) is 2. The largest absolute Gasteiger partial charge is 0.399 e. The number of nitrogens with zero attached hydrogens (tertiary/aromatic N) is 2. The van der Waals surface area contributed by atoms with Gasteiger partial charge in [0, 0.05) is 62.0 Å². The Balaban J connectivity index is 1.24. The third kappa shape index (κ3) is 6.82. The van der Waals surface area contributed by atoms with Crippen molar-refractivity contribution in [3.05, 3.63) is 47.5 Å². The Morgan fingerprint density at radius 1 is 0.700 bits per heavy atom. The fourth-order valence-corrected chi connectivity index (χ4v) is 3.88. The second-order valence-corrected chi connectivity index (χ2v) is 8.39. The molecule has 30 heavy (non-hydrogen) atoms. The summed E-state index contributed by atoms with van der Waals surface area (Å²) in [5.74, 6) is 0. The molecule has 6 nitrogen and oxygen atoms in total. The molecule has 0 spiro atoms. The average Bonchev–Trinajstić information content (AvgIpc) is 2.74. The number of nitrogen functional groups attached to an aromatic ring is 2. The van der Waals surface area contributed by atoms with Gasteiger partial charge in [0.2, 0.25) is 0 Å². The van der Waals surface area contributed by atoms with Crippen LogP contribution in [0, 0.1) is 13.8 Å². The molecule has 0 aromatic heterocycles. The number of anilines is 4. The standard InChI is InChI=1S/C24H38N6/c1-19-17-21(5-7-23(19)25)27-9-3-11-29-13-15-30(16-14-29)12-4-10-28-22-6-8-24(26)20(2)18-22/h5-8,17-18,27-28H,3-4,9-16,25-26H2,1-2H3. The number of benzene rings is 2. The van der Waals surface area contributed by atoms with E-state index in [4.69, 9.17) is 11.5 Å². The molecular weight excluding hydrogens is 372 g/mol. The number of rotatable bonds is 10. The summed E-state index contributed by atoms with van der Waals surface area (Å²) in [7, 11) is 0. The molecular formula is C24H38N6. The molecule has 0 saturated carbocycles. The van der Waals surface area contributed by atoms with Gasteiger partial charge in [0.15, 0.2) is 0 Å². The van der Waals surface area contributed by atoms with Gasteiger partial charge >= 0.3 is 0 Å². The van der Waals surface area contributed by atoms with Gasteiger partial charge in [-0.25, -0.2) is 0 Å². The van der Waals surface area contributed by atoms with Crippen LogP contribution in [-0.4, -0.2) is 62.2 Å². The van der Waals surface area contributed by atoms with Crippen LogP contribution in [0.3, 0.4) is 0 Å². The Bertz CT molecular complexity index is 731. The number of hydrogen-bond acceptors (Lipinski definition) is 6. The molecule has 1 aliphatic rings. The SMILES string of the molecule is Cc1cc(NCCCN2CCN(CCCNc3ccc(N)c(C)c3)CC2)ccc1N. The average molecular weight is 411 g/mol. The van der Waals surface area contributed by atoms with Crippen molar-refractivity contribution in [1.29, 1.82) is 0 Å². The van der Waals surface area contributed by atoms with Crippen LogP contribution in [0.4, 0.5) is 22.7 Å². The summed E-state index contributed by atoms with van der Waals surface area (Å²) < 4.78 is 0. The van der Waals surface area contributed by atoms with E-state index in [0.29, 0.717) is 0 Å². The highest BCUT2D eigenvalue weighted by Gasteiger charge is 2.15. The van der Waals surface area contributed by atoms with Crippen molar-refractivity contribution < 1.29 is 0 Å². The molecule has 1 aliphatic heterocycles. The zero-order valence-electron chi connectivity index (χ0n) is 18.6. The van der Waals surface area contributed by atoms with Crippen molar-refractivity contribution in [2.24, 2.45) is 0 Å². The monoisotopic (exact) mass is 410 g/mol. The fraction of sp³-hybridized carbons (Fsp3) is 0.500. The van der Waals surface area contributed by atoms with Crippen molar-refractivity contribution in [3.63, 3.8) is 0 Å². The summed E-state index contributed by atoms with van der Waals surface area (Å²) in [6.07, 6.45) is 2.32. The first kappa shape index (κ1) is 22.2. The van der Waals surface area contributed by atoms with Crippen LogP contribution >= 0.6 is 0 Å². The van der Waals surface area contributed by atoms with Crippen LogP contribution in [0.25, 0.3) is 0 Å². The molecule has 1 fully saturated rings. The predicted octanol–water partition coefficient (Wildman–Crippen LogP) is 3.39. The third-order valence-electron chi connectivity index (χ3n) is 5.96. The molecule has 3 rings (SSSR count). The van der Waals surface area contributed by atoms with Gasteiger partial charge in [-0.15, -0.1) is 0 Å². The smallest absolute Gasteiger partial charge is 0.0345 e. The van der Waals surface area contributed by atoms with E-state index in [1.165, 1.54) is 26.2 Å². The van der Waals surface area contributed by atoms with Crippen molar-refractivity contribution in [2.75, 3.05) is 74.5 Å². The van der Waals surface area contributed by atoms with Gasteiger partial charge in [-0.2, -0.15) is 0 Å². The number of hydrogen-bond donors (Lipinski definition) is 4. The molecule has 164 valence electrons. The van der Waals surface area contributed by atoms with Crippen LogP contribution in [0.1, 0.15) is 24.0 Å². The van der Waals surface area contributed by atoms with Crippen molar-refractivity contribution in [1.82, 2.24) is 9.80 Å². The lowest BCUT2D eigenvalue weighted by Gasteiger charge is -2.34. The minimum absolute atomic E-state index is 0.856. The molecule has 0 amide bonds. The van der Waals surface area contributed by atoms with Gasteiger partial charge in [-0.05, 0) is 87.3 Å². The van der Waals surface area contributed by atoms with E-state index in [2.05, 4.69) is 58.5 Å².